The Kier molecular flexibility index (Phi) is 3.87. The monoisotopic (exact) mass is 265 g/mol. The van der Waals surface area contributed by atoms with E-state index >= 15 is 0 Å². The average molecular weight is 265 g/mol. The van der Waals surface area contributed by atoms with Gasteiger partial charge in [0.1, 0.15) is 0 Å². The molecular weight excluding hydrogens is 246 g/mol. The lowest BCUT2D eigenvalue weighted by molar-refractivity contribution is -0.153. The van der Waals surface area contributed by atoms with Crippen molar-refractivity contribution in [3.05, 3.63) is 11.8 Å². The van der Waals surface area contributed by atoms with Crippen LogP contribution < -0.4 is 5.32 Å². The molecule has 6 heteroatoms. The Balaban J connectivity index is 2.01. The number of carbonyl (C=O) groups excluding carboxylic acids is 1. The lowest BCUT2D eigenvalue weighted by Gasteiger charge is -2.32. The summed E-state index contributed by atoms with van der Waals surface area (Å²) in [6.45, 7) is 1.84. The topological polar surface area (TPSA) is 95.1 Å². The predicted octanol–water partition coefficient (Wildman–Crippen LogP) is 2.08. The molecular formula is C13H19N3O3. The van der Waals surface area contributed by atoms with Crippen molar-refractivity contribution in [2.45, 2.75) is 45.4 Å². The first-order valence-electron chi connectivity index (χ1n) is 6.57. The number of nitrogens with one attached hydrogen (secondary N) is 2. The summed E-state index contributed by atoms with van der Waals surface area (Å²) in [5.74, 6) is -0.699. The first kappa shape index (κ1) is 13.6. The van der Waals surface area contributed by atoms with Crippen molar-refractivity contribution in [3.8, 4) is 0 Å². The van der Waals surface area contributed by atoms with Gasteiger partial charge in [0.2, 0.25) is 5.91 Å². The molecule has 0 bridgehead atoms. The van der Waals surface area contributed by atoms with Crippen molar-refractivity contribution in [2.75, 3.05) is 5.32 Å². The molecule has 0 saturated heterocycles. The first-order valence-corrected chi connectivity index (χ1v) is 6.57. The van der Waals surface area contributed by atoms with E-state index in [9.17, 15) is 14.7 Å². The number of nitrogens with zero attached hydrogens (tertiary/aromatic N) is 1. The normalized spacial score (nSPS) is 17.9. The number of carbonyl (C=O) groups is 2. The number of aromatic nitrogens is 2. The van der Waals surface area contributed by atoms with Crippen LogP contribution in [-0.4, -0.2) is 27.2 Å². The van der Waals surface area contributed by atoms with Gasteiger partial charge in [-0.05, 0) is 19.8 Å². The molecule has 1 fully saturated rings. The van der Waals surface area contributed by atoms with Crippen LogP contribution in [0.2, 0.25) is 0 Å². The van der Waals surface area contributed by atoms with Gasteiger partial charge in [0, 0.05) is 18.2 Å². The van der Waals surface area contributed by atoms with E-state index in [0.29, 0.717) is 18.7 Å². The Bertz CT molecular complexity index is 475. The zero-order valence-corrected chi connectivity index (χ0v) is 11.0. The van der Waals surface area contributed by atoms with Crippen LogP contribution in [0.15, 0.2) is 6.07 Å². The number of H-pyrrole nitrogens is 1. The zero-order chi connectivity index (χ0) is 13.9. The molecule has 0 aliphatic heterocycles. The molecule has 2 rings (SSSR count). The Morgan fingerprint density at radius 2 is 2.11 bits per heavy atom. The van der Waals surface area contributed by atoms with Crippen molar-refractivity contribution in [1.82, 2.24) is 10.2 Å². The molecule has 1 aliphatic rings. The second kappa shape index (κ2) is 5.42. The Morgan fingerprint density at radius 1 is 1.42 bits per heavy atom. The minimum absolute atomic E-state index is 0.0221. The van der Waals surface area contributed by atoms with E-state index in [0.717, 1.165) is 25.0 Å². The molecule has 0 atom stereocenters. The molecule has 3 N–H and O–H groups in total. The van der Waals surface area contributed by atoms with Crippen molar-refractivity contribution in [2.24, 2.45) is 5.41 Å². The number of hydrogen-bond donors (Lipinski definition) is 3. The van der Waals surface area contributed by atoms with Gasteiger partial charge in [-0.1, -0.05) is 19.3 Å². The lowest BCUT2D eigenvalue weighted by Crippen LogP contribution is -2.37. The fourth-order valence-electron chi connectivity index (χ4n) is 2.67. The predicted molar refractivity (Wildman–Crippen MR) is 69.7 cm³/mol. The molecule has 104 valence electrons. The summed E-state index contributed by atoms with van der Waals surface area (Å²) in [4.78, 5) is 23.4. The molecule has 1 heterocycles. The number of carboxylic acid groups (broad SMARTS) is 1. The highest BCUT2D eigenvalue weighted by atomic mass is 16.4. The molecule has 0 radical (unpaired) electrons. The smallest absolute Gasteiger partial charge is 0.310 e. The maximum Gasteiger partial charge on any atom is 0.310 e. The fourth-order valence-corrected chi connectivity index (χ4v) is 2.67. The second-order valence-electron chi connectivity index (χ2n) is 5.31. The third kappa shape index (κ3) is 3.13. The van der Waals surface area contributed by atoms with Crippen LogP contribution >= 0.6 is 0 Å². The summed E-state index contributed by atoms with van der Waals surface area (Å²) in [6, 6.07) is 1.71. The van der Waals surface area contributed by atoms with Gasteiger partial charge in [0.15, 0.2) is 5.82 Å². The zero-order valence-electron chi connectivity index (χ0n) is 11.0. The summed E-state index contributed by atoms with van der Waals surface area (Å²) in [5.41, 5.74) is -0.0471. The van der Waals surface area contributed by atoms with Gasteiger partial charge < -0.3 is 10.4 Å². The minimum Gasteiger partial charge on any atom is -0.481 e. The summed E-state index contributed by atoms with van der Waals surface area (Å²) < 4.78 is 0. The van der Waals surface area contributed by atoms with E-state index in [1.165, 1.54) is 0 Å². The SMILES string of the molecule is Cc1cc(NC(=O)CC2(C(=O)O)CCCCC2)n[nH]1. The van der Waals surface area contributed by atoms with Crippen LogP contribution in [0.25, 0.3) is 0 Å². The molecule has 0 unspecified atom stereocenters. The van der Waals surface area contributed by atoms with Crippen molar-refractivity contribution >= 4 is 17.7 Å². The van der Waals surface area contributed by atoms with Crippen LogP contribution in [0, 0.1) is 12.3 Å². The van der Waals surface area contributed by atoms with Crippen LogP contribution in [0.4, 0.5) is 5.82 Å². The van der Waals surface area contributed by atoms with E-state index in [-0.39, 0.29) is 12.3 Å². The van der Waals surface area contributed by atoms with E-state index in [1.54, 1.807) is 6.07 Å². The lowest BCUT2D eigenvalue weighted by atomic mass is 9.71. The molecule has 19 heavy (non-hydrogen) atoms. The number of hydrogen-bond acceptors (Lipinski definition) is 3. The number of aliphatic carboxylic acids is 1. The van der Waals surface area contributed by atoms with Crippen LogP contribution in [0.3, 0.4) is 0 Å². The highest BCUT2D eigenvalue weighted by Gasteiger charge is 2.41. The van der Waals surface area contributed by atoms with Crippen LogP contribution in [0.1, 0.15) is 44.2 Å². The average Bonchev–Trinajstić information content (AvgIpc) is 2.75. The van der Waals surface area contributed by atoms with E-state index in [1.807, 2.05) is 6.92 Å². The van der Waals surface area contributed by atoms with Gasteiger partial charge in [0.05, 0.1) is 5.41 Å². The summed E-state index contributed by atoms with van der Waals surface area (Å²) in [5, 5.41) is 18.7. The van der Waals surface area contributed by atoms with Crippen molar-refractivity contribution in [3.63, 3.8) is 0 Å². The highest BCUT2D eigenvalue weighted by molar-refractivity contribution is 5.93. The number of anilines is 1. The quantitative estimate of drug-likeness (QED) is 0.776. The Morgan fingerprint density at radius 3 is 2.63 bits per heavy atom. The standard InChI is InChI=1S/C13H19N3O3/c1-9-7-10(16-15-9)14-11(17)8-13(12(18)19)5-3-2-4-6-13/h7H,2-6,8H2,1H3,(H,18,19)(H2,14,15,16,17). The highest BCUT2D eigenvalue weighted by Crippen LogP contribution is 2.39. The van der Waals surface area contributed by atoms with Crippen molar-refractivity contribution < 1.29 is 14.7 Å². The fraction of sp³-hybridized carbons (Fsp3) is 0.615. The molecule has 0 aromatic carbocycles. The van der Waals surface area contributed by atoms with Gasteiger partial charge in [-0.2, -0.15) is 5.10 Å². The number of carboxylic acids is 1. The number of aryl methyl sites for hydroxylation is 1. The van der Waals surface area contributed by atoms with Gasteiger partial charge >= 0.3 is 5.97 Å². The number of amides is 1. The molecule has 0 spiro atoms. The van der Waals surface area contributed by atoms with Gasteiger partial charge in [-0.15, -0.1) is 0 Å². The van der Waals surface area contributed by atoms with Gasteiger partial charge in [0.25, 0.3) is 0 Å². The maximum atomic E-state index is 12.0. The summed E-state index contributed by atoms with van der Waals surface area (Å²) in [7, 11) is 0. The van der Waals surface area contributed by atoms with E-state index in [2.05, 4.69) is 15.5 Å². The summed E-state index contributed by atoms with van der Waals surface area (Å²) in [6.07, 6.45) is 3.98. The molecule has 1 aliphatic carbocycles. The molecule has 6 nitrogen and oxygen atoms in total. The summed E-state index contributed by atoms with van der Waals surface area (Å²) >= 11 is 0. The third-order valence-corrected chi connectivity index (χ3v) is 3.74. The van der Waals surface area contributed by atoms with Gasteiger partial charge in [-0.3, -0.25) is 14.7 Å². The third-order valence-electron chi connectivity index (χ3n) is 3.74. The Hall–Kier alpha value is -1.85. The van der Waals surface area contributed by atoms with Crippen LogP contribution in [0.5, 0.6) is 0 Å². The maximum absolute atomic E-state index is 12.0. The largest absolute Gasteiger partial charge is 0.481 e. The second-order valence-corrected chi connectivity index (χ2v) is 5.31. The van der Waals surface area contributed by atoms with Crippen LogP contribution in [-0.2, 0) is 9.59 Å². The number of rotatable bonds is 4. The number of aromatic amines is 1. The minimum atomic E-state index is -0.895. The molecule has 1 amide bonds. The molecule has 1 saturated carbocycles. The Labute approximate surface area is 111 Å². The van der Waals surface area contributed by atoms with Crippen molar-refractivity contribution in [1.29, 1.82) is 0 Å². The van der Waals surface area contributed by atoms with E-state index < -0.39 is 11.4 Å². The van der Waals surface area contributed by atoms with E-state index in [4.69, 9.17) is 0 Å². The molecule has 1 aromatic rings. The molecule has 1 aromatic heterocycles. The first-order chi connectivity index (χ1) is 9.02. The van der Waals surface area contributed by atoms with Gasteiger partial charge in [-0.25, -0.2) is 0 Å².